The molecule has 0 saturated heterocycles. The second-order valence-corrected chi connectivity index (χ2v) is 8.15. The highest BCUT2D eigenvalue weighted by molar-refractivity contribution is 6.31. The van der Waals surface area contributed by atoms with Crippen LogP contribution in [0.5, 0.6) is 11.5 Å². The van der Waals surface area contributed by atoms with Crippen molar-refractivity contribution >= 4 is 17.6 Å². The summed E-state index contributed by atoms with van der Waals surface area (Å²) < 4.78 is 26.0. The van der Waals surface area contributed by atoms with E-state index in [-0.39, 0.29) is 5.56 Å². The predicted molar refractivity (Wildman–Crippen MR) is 124 cm³/mol. The molecule has 0 bridgehead atoms. The summed E-state index contributed by atoms with van der Waals surface area (Å²) in [6.07, 6.45) is 0.672. The number of nitrogens with one attached hydrogen (secondary N) is 1. The van der Waals surface area contributed by atoms with Gasteiger partial charge in [-0.05, 0) is 73.8 Å². The molecule has 0 radical (unpaired) electrons. The van der Waals surface area contributed by atoms with Crippen LogP contribution in [0.15, 0.2) is 36.4 Å². The van der Waals surface area contributed by atoms with Gasteiger partial charge in [0.2, 0.25) is 0 Å². The fourth-order valence-corrected chi connectivity index (χ4v) is 4.23. The number of methoxy groups -OCH3 is 2. The van der Waals surface area contributed by atoms with E-state index in [0.29, 0.717) is 47.9 Å². The molecule has 33 heavy (non-hydrogen) atoms. The Morgan fingerprint density at radius 1 is 1.09 bits per heavy atom. The second-order valence-electron chi connectivity index (χ2n) is 7.74. The Balaban J connectivity index is 1.78. The van der Waals surface area contributed by atoms with Crippen LogP contribution in [0, 0.1) is 19.7 Å². The average Bonchev–Trinajstić information content (AvgIpc) is 3.02. The summed E-state index contributed by atoms with van der Waals surface area (Å²) in [4.78, 5) is 11.9. The number of ether oxygens (including phenoxy) is 2. The number of carboxylic acids is 1. The van der Waals surface area contributed by atoms with Gasteiger partial charge in [0.25, 0.3) is 0 Å². The summed E-state index contributed by atoms with van der Waals surface area (Å²) in [6, 6.07) is 9.81. The number of aromatic nitrogens is 1. The third-order valence-electron chi connectivity index (χ3n) is 5.82. The lowest BCUT2D eigenvalue weighted by atomic mass is 10.1. The minimum Gasteiger partial charge on any atom is -0.545 e. The highest BCUT2D eigenvalue weighted by atomic mass is 35.5. The number of aromatic carboxylic acids is 1. The van der Waals surface area contributed by atoms with E-state index in [4.69, 9.17) is 21.1 Å². The van der Waals surface area contributed by atoms with Crippen molar-refractivity contribution < 1.29 is 23.8 Å². The maximum atomic E-state index is 13.4. The lowest BCUT2D eigenvalue weighted by molar-refractivity contribution is -0.255. The van der Waals surface area contributed by atoms with Crippen molar-refractivity contribution in [3.05, 3.63) is 80.9 Å². The van der Waals surface area contributed by atoms with Crippen molar-refractivity contribution in [2.75, 3.05) is 20.8 Å². The van der Waals surface area contributed by atoms with E-state index in [9.17, 15) is 14.3 Å². The average molecular weight is 474 g/mol. The van der Waals surface area contributed by atoms with Gasteiger partial charge in [-0.15, -0.1) is 0 Å². The van der Waals surface area contributed by atoms with Gasteiger partial charge < -0.3 is 29.3 Å². The molecule has 2 aromatic carbocycles. The number of halogens is 2. The van der Waals surface area contributed by atoms with Gasteiger partial charge in [-0.1, -0.05) is 17.7 Å². The zero-order valence-electron chi connectivity index (χ0n) is 19.1. The Kier molecular flexibility index (Phi) is 8.00. The summed E-state index contributed by atoms with van der Waals surface area (Å²) in [5.74, 6) is -0.140. The highest BCUT2D eigenvalue weighted by Crippen LogP contribution is 2.27. The first-order valence-corrected chi connectivity index (χ1v) is 10.9. The van der Waals surface area contributed by atoms with Gasteiger partial charge in [0.1, 0.15) is 17.3 Å². The SMILES string of the molecule is COc1ccc(OC)c(CCNCc2c(C(=O)[O-])c(C)n(Cc3ccc(F)cc3Cl)c2C)c1. The van der Waals surface area contributed by atoms with Crippen LogP contribution in [0.2, 0.25) is 5.02 Å². The standard InChI is InChI=1S/C25H28ClFN2O4/c1-15-21(13-28-10-9-17-11-20(32-3)7-8-23(17)33-4)24(25(30)31)16(2)29(15)14-18-5-6-19(27)12-22(18)26/h5-8,11-12,28H,9-10,13-14H2,1-4H3,(H,30,31)/p-1. The molecule has 1 heterocycles. The quantitative estimate of drug-likeness (QED) is 0.455. The van der Waals surface area contributed by atoms with E-state index in [1.165, 1.54) is 12.1 Å². The Bertz CT molecular complexity index is 1160. The Labute approximate surface area is 197 Å². The zero-order valence-corrected chi connectivity index (χ0v) is 19.9. The first-order valence-electron chi connectivity index (χ1n) is 10.5. The van der Waals surface area contributed by atoms with E-state index in [0.717, 1.165) is 22.8 Å². The third kappa shape index (κ3) is 5.49. The molecule has 0 fully saturated rings. The number of hydrogen-bond acceptors (Lipinski definition) is 5. The van der Waals surface area contributed by atoms with Gasteiger partial charge in [-0.3, -0.25) is 0 Å². The number of hydrogen-bond donors (Lipinski definition) is 1. The predicted octanol–water partition coefficient (Wildman–Crippen LogP) is 3.66. The van der Waals surface area contributed by atoms with Crippen LogP contribution in [-0.4, -0.2) is 31.3 Å². The zero-order chi connectivity index (χ0) is 24.1. The first-order chi connectivity index (χ1) is 15.8. The molecule has 3 aromatic rings. The Morgan fingerprint density at radius 3 is 2.48 bits per heavy atom. The van der Waals surface area contributed by atoms with Gasteiger partial charge >= 0.3 is 0 Å². The lowest BCUT2D eigenvalue weighted by Crippen LogP contribution is -2.26. The van der Waals surface area contributed by atoms with E-state index in [1.54, 1.807) is 27.2 Å². The van der Waals surface area contributed by atoms with Crippen LogP contribution < -0.4 is 19.9 Å². The summed E-state index contributed by atoms with van der Waals surface area (Å²) in [5, 5.41) is 15.5. The summed E-state index contributed by atoms with van der Waals surface area (Å²) >= 11 is 6.19. The van der Waals surface area contributed by atoms with Crippen molar-refractivity contribution in [1.29, 1.82) is 0 Å². The van der Waals surface area contributed by atoms with Gasteiger partial charge in [0.05, 0.1) is 20.2 Å². The Hall–Kier alpha value is -3.03. The fourth-order valence-electron chi connectivity index (χ4n) is 4.01. The summed E-state index contributed by atoms with van der Waals surface area (Å²) in [7, 11) is 3.23. The molecule has 1 aromatic heterocycles. The lowest BCUT2D eigenvalue weighted by Gasteiger charge is -2.12. The largest absolute Gasteiger partial charge is 0.545 e. The maximum absolute atomic E-state index is 13.4. The smallest absolute Gasteiger partial charge is 0.124 e. The second kappa shape index (κ2) is 10.7. The Morgan fingerprint density at radius 2 is 1.85 bits per heavy atom. The van der Waals surface area contributed by atoms with Crippen LogP contribution in [-0.2, 0) is 19.5 Å². The molecule has 8 heteroatoms. The number of carboxylic acid groups (broad SMARTS) is 1. The molecule has 176 valence electrons. The van der Waals surface area contributed by atoms with E-state index >= 15 is 0 Å². The van der Waals surface area contributed by atoms with Gasteiger partial charge in [0.15, 0.2) is 0 Å². The monoisotopic (exact) mass is 473 g/mol. The van der Waals surface area contributed by atoms with Crippen LogP contribution in [0.3, 0.4) is 0 Å². The van der Waals surface area contributed by atoms with Gasteiger partial charge in [0, 0.05) is 35.1 Å². The van der Waals surface area contributed by atoms with Crippen molar-refractivity contribution in [1.82, 2.24) is 9.88 Å². The molecule has 3 rings (SSSR count). The minimum atomic E-state index is -1.23. The summed E-state index contributed by atoms with van der Waals surface area (Å²) in [5.41, 5.74) is 3.87. The molecule has 0 spiro atoms. The number of benzene rings is 2. The molecular formula is C25H27ClFN2O4-. The normalized spacial score (nSPS) is 11.0. The molecule has 0 aliphatic rings. The molecule has 0 unspecified atom stereocenters. The number of nitrogens with zero attached hydrogens (tertiary/aromatic N) is 1. The van der Waals surface area contributed by atoms with Crippen molar-refractivity contribution in [3.63, 3.8) is 0 Å². The minimum absolute atomic E-state index is 0.164. The number of carbonyl (C=O) groups excluding carboxylic acids is 1. The van der Waals surface area contributed by atoms with Gasteiger partial charge in [-0.25, -0.2) is 4.39 Å². The molecule has 1 N–H and O–H groups in total. The highest BCUT2D eigenvalue weighted by Gasteiger charge is 2.19. The molecular weight excluding hydrogens is 447 g/mol. The molecule has 0 atom stereocenters. The fraction of sp³-hybridized carbons (Fsp3) is 0.320. The maximum Gasteiger partial charge on any atom is 0.124 e. The molecule has 6 nitrogen and oxygen atoms in total. The van der Waals surface area contributed by atoms with Crippen molar-refractivity contribution in [3.8, 4) is 11.5 Å². The topological polar surface area (TPSA) is 75.6 Å². The number of rotatable bonds is 10. The van der Waals surface area contributed by atoms with E-state index in [2.05, 4.69) is 5.32 Å². The van der Waals surface area contributed by atoms with E-state index < -0.39 is 11.8 Å². The first kappa shape index (κ1) is 24.6. The molecule has 0 amide bonds. The summed E-state index contributed by atoms with van der Waals surface area (Å²) in [6.45, 7) is 4.88. The molecule has 0 saturated carbocycles. The van der Waals surface area contributed by atoms with Crippen molar-refractivity contribution in [2.24, 2.45) is 0 Å². The van der Waals surface area contributed by atoms with Crippen LogP contribution in [0.4, 0.5) is 4.39 Å². The van der Waals surface area contributed by atoms with Crippen LogP contribution >= 0.6 is 11.6 Å². The van der Waals surface area contributed by atoms with Crippen LogP contribution in [0.1, 0.15) is 38.4 Å². The van der Waals surface area contributed by atoms with Crippen molar-refractivity contribution in [2.45, 2.75) is 33.4 Å². The van der Waals surface area contributed by atoms with E-state index in [1.807, 2.05) is 29.7 Å². The van der Waals surface area contributed by atoms with Crippen LogP contribution in [0.25, 0.3) is 0 Å². The van der Waals surface area contributed by atoms with Gasteiger partial charge in [-0.2, -0.15) is 0 Å². The third-order valence-corrected chi connectivity index (χ3v) is 6.17. The molecule has 0 aliphatic carbocycles. The number of carbonyl (C=O) groups is 1. The molecule has 0 aliphatic heterocycles.